The van der Waals surface area contributed by atoms with Crippen LogP contribution in [0.4, 0.5) is 23.7 Å². The van der Waals surface area contributed by atoms with E-state index in [0.717, 1.165) is 44.5 Å². The summed E-state index contributed by atoms with van der Waals surface area (Å²) >= 11 is 0. The molecule has 1 aliphatic heterocycles. The molecule has 1 aromatic rings. The standard InChI is InChI=1S/C23H30F3N3O2/c1-22(2)16-7-6-15(20(22)12-16)14-29-10-8-17(9-11-29)27-21(30)28-18-4-3-5-19(13-18)31-23(24,25)26/h3-6,13,16-17,20H,7-12,14H2,1-2H3,(H2,27,28,30)/t16-,20-/m0/s1. The summed E-state index contributed by atoms with van der Waals surface area (Å²) in [5.74, 6) is 1.19. The lowest BCUT2D eigenvalue weighted by molar-refractivity contribution is -0.274. The number of nitrogens with one attached hydrogen (secondary N) is 2. The number of halogens is 3. The van der Waals surface area contributed by atoms with E-state index in [4.69, 9.17) is 0 Å². The van der Waals surface area contributed by atoms with E-state index >= 15 is 0 Å². The number of hydrogen-bond acceptors (Lipinski definition) is 3. The van der Waals surface area contributed by atoms with Crippen molar-refractivity contribution in [1.29, 1.82) is 0 Å². The second kappa shape index (κ2) is 8.37. The number of carbonyl (C=O) groups excluding carboxylic acids is 1. The van der Waals surface area contributed by atoms with Crippen molar-refractivity contribution in [1.82, 2.24) is 10.2 Å². The van der Waals surface area contributed by atoms with Crippen LogP contribution in [0.1, 0.15) is 39.5 Å². The van der Waals surface area contributed by atoms with E-state index < -0.39 is 12.4 Å². The first-order chi connectivity index (χ1) is 14.6. The fourth-order valence-corrected chi connectivity index (χ4v) is 5.27. The lowest BCUT2D eigenvalue weighted by atomic mass is 9.49. The van der Waals surface area contributed by atoms with E-state index in [1.807, 2.05) is 0 Å². The number of urea groups is 1. The molecule has 3 aliphatic carbocycles. The number of fused-ring (bicyclic) bond motifs is 1. The normalized spacial score (nSPS) is 25.9. The number of likely N-dealkylation sites (tertiary alicyclic amines) is 1. The number of hydrogen-bond donors (Lipinski definition) is 2. The van der Waals surface area contributed by atoms with E-state index in [1.54, 1.807) is 5.57 Å². The van der Waals surface area contributed by atoms with Gasteiger partial charge in [0.2, 0.25) is 0 Å². The summed E-state index contributed by atoms with van der Waals surface area (Å²) in [5, 5.41) is 5.53. The molecule has 5 rings (SSSR count). The van der Waals surface area contributed by atoms with Gasteiger partial charge >= 0.3 is 12.4 Å². The van der Waals surface area contributed by atoms with Crippen LogP contribution < -0.4 is 15.4 Å². The van der Waals surface area contributed by atoms with Gasteiger partial charge in [0.25, 0.3) is 0 Å². The second-order valence-corrected chi connectivity index (χ2v) is 9.55. The Hall–Kier alpha value is -2.22. The van der Waals surface area contributed by atoms with Crippen molar-refractivity contribution in [2.75, 3.05) is 25.0 Å². The molecule has 2 amide bonds. The first-order valence-corrected chi connectivity index (χ1v) is 10.9. The zero-order valence-electron chi connectivity index (χ0n) is 18.0. The van der Waals surface area contributed by atoms with Crippen LogP contribution in [0.3, 0.4) is 0 Å². The van der Waals surface area contributed by atoms with Gasteiger partial charge in [-0.15, -0.1) is 13.2 Å². The van der Waals surface area contributed by atoms with Gasteiger partial charge in [-0.3, -0.25) is 4.90 Å². The predicted octanol–water partition coefficient (Wildman–Crippen LogP) is 5.16. The number of amides is 2. The quantitative estimate of drug-likeness (QED) is 0.626. The zero-order valence-corrected chi connectivity index (χ0v) is 18.0. The third-order valence-electron chi connectivity index (χ3n) is 7.24. The molecule has 31 heavy (non-hydrogen) atoms. The minimum Gasteiger partial charge on any atom is -0.406 e. The van der Waals surface area contributed by atoms with Crippen LogP contribution in [0.15, 0.2) is 35.9 Å². The summed E-state index contributed by atoms with van der Waals surface area (Å²) in [5.41, 5.74) is 2.27. The number of benzene rings is 1. The van der Waals surface area contributed by atoms with Gasteiger partial charge in [-0.2, -0.15) is 0 Å². The van der Waals surface area contributed by atoms with Crippen LogP contribution in [-0.4, -0.2) is 43.0 Å². The monoisotopic (exact) mass is 437 g/mol. The van der Waals surface area contributed by atoms with Crippen molar-refractivity contribution in [3.05, 3.63) is 35.9 Å². The summed E-state index contributed by atoms with van der Waals surface area (Å²) in [6.07, 6.45) is 1.92. The summed E-state index contributed by atoms with van der Waals surface area (Å²) < 4.78 is 41.0. The van der Waals surface area contributed by atoms with Crippen molar-refractivity contribution in [2.24, 2.45) is 17.3 Å². The molecule has 2 N–H and O–H groups in total. The highest BCUT2D eigenvalue weighted by atomic mass is 19.4. The van der Waals surface area contributed by atoms with E-state index in [9.17, 15) is 18.0 Å². The minimum atomic E-state index is -4.77. The van der Waals surface area contributed by atoms with Crippen molar-refractivity contribution >= 4 is 11.7 Å². The number of anilines is 1. The Kier molecular flexibility index (Phi) is 5.94. The average Bonchev–Trinajstić information content (AvgIpc) is 2.68. The molecule has 8 heteroatoms. The van der Waals surface area contributed by atoms with Gasteiger partial charge in [0.15, 0.2) is 0 Å². The molecule has 0 unspecified atom stereocenters. The van der Waals surface area contributed by atoms with E-state index in [0.29, 0.717) is 11.3 Å². The summed E-state index contributed by atoms with van der Waals surface area (Å²) in [6, 6.07) is 4.91. The van der Waals surface area contributed by atoms with Gasteiger partial charge in [0, 0.05) is 37.4 Å². The number of carbonyl (C=O) groups is 1. The molecule has 0 spiro atoms. The molecule has 170 valence electrons. The van der Waals surface area contributed by atoms with Crippen LogP contribution in [0.2, 0.25) is 0 Å². The number of piperidine rings is 1. The Bertz CT molecular complexity index is 845. The highest BCUT2D eigenvalue weighted by Gasteiger charge is 2.51. The number of ether oxygens (including phenoxy) is 1. The van der Waals surface area contributed by atoms with Crippen LogP contribution in [0.25, 0.3) is 0 Å². The molecular weight excluding hydrogens is 407 g/mol. The number of rotatable bonds is 5. The van der Waals surface area contributed by atoms with Crippen molar-refractivity contribution in [3.63, 3.8) is 0 Å². The molecule has 2 fully saturated rings. The molecule has 1 aromatic carbocycles. The second-order valence-electron chi connectivity index (χ2n) is 9.55. The molecule has 2 bridgehead atoms. The molecule has 4 aliphatic rings. The molecule has 2 atom stereocenters. The Morgan fingerprint density at radius 2 is 2.00 bits per heavy atom. The van der Waals surface area contributed by atoms with Gasteiger partial charge in [-0.05, 0) is 55.1 Å². The minimum absolute atomic E-state index is 0.0516. The smallest absolute Gasteiger partial charge is 0.406 e. The number of nitrogens with zero attached hydrogens (tertiary/aromatic N) is 1. The highest BCUT2D eigenvalue weighted by molar-refractivity contribution is 5.89. The fourth-order valence-electron chi connectivity index (χ4n) is 5.27. The first-order valence-electron chi connectivity index (χ1n) is 10.9. The van der Waals surface area contributed by atoms with E-state index in [2.05, 4.69) is 40.2 Å². The maximum atomic E-state index is 12.4. The molecular formula is C23H30F3N3O2. The van der Waals surface area contributed by atoms with Crippen LogP contribution in [-0.2, 0) is 0 Å². The van der Waals surface area contributed by atoms with Gasteiger partial charge in [0.05, 0.1) is 0 Å². The summed E-state index contributed by atoms with van der Waals surface area (Å²) in [4.78, 5) is 14.8. The number of alkyl halides is 3. The topological polar surface area (TPSA) is 53.6 Å². The largest absolute Gasteiger partial charge is 0.573 e. The first kappa shape index (κ1) is 22.0. The molecule has 5 nitrogen and oxygen atoms in total. The molecule has 1 heterocycles. The molecule has 1 saturated heterocycles. The highest BCUT2D eigenvalue weighted by Crippen LogP contribution is 2.59. The van der Waals surface area contributed by atoms with Crippen molar-refractivity contribution in [2.45, 2.75) is 51.9 Å². The van der Waals surface area contributed by atoms with Gasteiger partial charge < -0.3 is 15.4 Å². The molecule has 0 radical (unpaired) electrons. The Labute approximate surface area is 181 Å². The third-order valence-corrected chi connectivity index (χ3v) is 7.24. The summed E-state index contributed by atoms with van der Waals surface area (Å²) in [7, 11) is 0. The van der Waals surface area contributed by atoms with Crippen molar-refractivity contribution < 1.29 is 22.7 Å². The van der Waals surface area contributed by atoms with Crippen LogP contribution in [0, 0.1) is 17.3 Å². The summed E-state index contributed by atoms with van der Waals surface area (Å²) in [6.45, 7) is 7.64. The molecule has 0 aromatic heterocycles. The van der Waals surface area contributed by atoms with Crippen molar-refractivity contribution in [3.8, 4) is 5.75 Å². The Balaban J connectivity index is 1.22. The molecule has 1 saturated carbocycles. The third kappa shape index (κ3) is 5.17. The average molecular weight is 438 g/mol. The van der Waals surface area contributed by atoms with Crippen LogP contribution in [0.5, 0.6) is 5.75 Å². The lowest BCUT2D eigenvalue weighted by Gasteiger charge is -2.57. The number of allylic oxidation sites excluding steroid dienone is 1. The lowest BCUT2D eigenvalue weighted by Crippen LogP contribution is -2.51. The van der Waals surface area contributed by atoms with Gasteiger partial charge in [-0.1, -0.05) is 31.6 Å². The maximum Gasteiger partial charge on any atom is 0.573 e. The van der Waals surface area contributed by atoms with E-state index in [1.165, 1.54) is 31.0 Å². The van der Waals surface area contributed by atoms with Gasteiger partial charge in [-0.25, -0.2) is 4.79 Å². The maximum absolute atomic E-state index is 12.4. The van der Waals surface area contributed by atoms with E-state index in [-0.39, 0.29) is 17.5 Å². The SMILES string of the molecule is CC1(C)[C@H]2CC=C(CN3CCC(NC(=O)Nc4cccc(OC(F)(F)F)c4)CC3)[C@@H]1C2. The fraction of sp³-hybridized carbons (Fsp3) is 0.609. The Morgan fingerprint density at radius 3 is 2.65 bits per heavy atom. The van der Waals surface area contributed by atoms with Gasteiger partial charge in [0.1, 0.15) is 5.75 Å². The zero-order chi connectivity index (χ0) is 22.2. The Morgan fingerprint density at radius 1 is 1.26 bits per heavy atom. The predicted molar refractivity (Wildman–Crippen MR) is 113 cm³/mol. The van der Waals surface area contributed by atoms with Crippen LogP contribution >= 0.6 is 0 Å².